The number of nitrogens with zero attached hydrogens (tertiary/aromatic N) is 1. The Morgan fingerprint density at radius 3 is 2.84 bits per heavy atom. The number of fused-ring (bicyclic) bond motifs is 1. The molecule has 1 amide bonds. The molecule has 0 bridgehead atoms. The van der Waals surface area contributed by atoms with Crippen LogP contribution in [0.4, 0.5) is 5.69 Å². The number of anilines is 1. The van der Waals surface area contributed by atoms with Crippen LogP contribution < -0.4 is 15.8 Å². The molecule has 2 aromatic carbocycles. The number of benzene rings is 2. The molecule has 3 aromatic rings. The summed E-state index contributed by atoms with van der Waals surface area (Å²) in [5.74, 6) is -0.235. The first kappa shape index (κ1) is 17.1. The fraction of sp³-hybridized carbons (Fsp3) is 0.222. The number of aryl methyl sites for hydroxylation is 2. The molecule has 7 heteroatoms. The summed E-state index contributed by atoms with van der Waals surface area (Å²) in [5, 5.41) is 3.35. The molecule has 0 aliphatic carbocycles. The highest BCUT2D eigenvalue weighted by Gasteiger charge is 2.13. The van der Waals surface area contributed by atoms with Crippen molar-refractivity contribution in [3.8, 4) is 5.75 Å². The summed E-state index contributed by atoms with van der Waals surface area (Å²) >= 11 is 6.06. The average molecular weight is 361 g/mol. The SMILES string of the molecule is COc1cc(Cl)c(C)cc1NC(=O)CCn1c(=O)oc2ccccc21. The molecule has 1 N–H and O–H groups in total. The fourth-order valence-corrected chi connectivity index (χ4v) is 2.74. The maximum Gasteiger partial charge on any atom is 0.419 e. The van der Waals surface area contributed by atoms with Crippen molar-refractivity contribution in [2.24, 2.45) is 0 Å². The number of halogens is 1. The molecule has 0 saturated heterocycles. The van der Waals surface area contributed by atoms with Crippen LogP contribution in [0.2, 0.25) is 5.02 Å². The van der Waals surface area contributed by atoms with E-state index in [1.807, 2.05) is 13.0 Å². The Bertz CT molecular complexity index is 990. The Kier molecular flexibility index (Phi) is 4.81. The van der Waals surface area contributed by atoms with Gasteiger partial charge in [-0.1, -0.05) is 23.7 Å². The smallest absolute Gasteiger partial charge is 0.419 e. The summed E-state index contributed by atoms with van der Waals surface area (Å²) in [6.45, 7) is 2.06. The van der Waals surface area contributed by atoms with Crippen LogP contribution >= 0.6 is 11.6 Å². The first-order valence-corrected chi connectivity index (χ1v) is 8.09. The van der Waals surface area contributed by atoms with Crippen LogP contribution in [0.1, 0.15) is 12.0 Å². The average Bonchev–Trinajstić information content (AvgIpc) is 2.91. The Labute approximate surface area is 149 Å². The van der Waals surface area contributed by atoms with Crippen LogP contribution in [0.15, 0.2) is 45.6 Å². The third-order valence-corrected chi connectivity index (χ3v) is 4.30. The minimum Gasteiger partial charge on any atom is -0.495 e. The van der Waals surface area contributed by atoms with Crippen molar-refractivity contribution in [2.75, 3.05) is 12.4 Å². The van der Waals surface area contributed by atoms with E-state index in [1.54, 1.807) is 30.3 Å². The van der Waals surface area contributed by atoms with Gasteiger partial charge < -0.3 is 14.5 Å². The summed E-state index contributed by atoms with van der Waals surface area (Å²) < 4.78 is 11.8. The molecule has 130 valence electrons. The van der Waals surface area contributed by atoms with Crippen molar-refractivity contribution in [1.82, 2.24) is 4.57 Å². The number of oxazole rings is 1. The van der Waals surface area contributed by atoms with E-state index in [2.05, 4.69) is 5.32 Å². The highest BCUT2D eigenvalue weighted by Crippen LogP contribution is 2.31. The molecule has 0 aliphatic heterocycles. The van der Waals surface area contributed by atoms with Gasteiger partial charge in [0.2, 0.25) is 5.91 Å². The fourth-order valence-electron chi connectivity index (χ4n) is 2.58. The predicted octanol–water partition coefficient (Wildman–Crippen LogP) is 3.59. The summed E-state index contributed by atoms with van der Waals surface area (Å²) in [5.41, 5.74) is 2.54. The van der Waals surface area contributed by atoms with E-state index < -0.39 is 5.76 Å². The van der Waals surface area contributed by atoms with Crippen molar-refractivity contribution in [1.29, 1.82) is 0 Å². The van der Waals surface area contributed by atoms with E-state index in [4.69, 9.17) is 20.8 Å². The minimum atomic E-state index is -0.478. The maximum absolute atomic E-state index is 12.3. The lowest BCUT2D eigenvalue weighted by atomic mass is 10.2. The predicted molar refractivity (Wildman–Crippen MR) is 96.5 cm³/mol. The van der Waals surface area contributed by atoms with Crippen molar-refractivity contribution in [3.63, 3.8) is 0 Å². The van der Waals surface area contributed by atoms with Crippen molar-refractivity contribution >= 4 is 34.3 Å². The zero-order chi connectivity index (χ0) is 18.0. The van der Waals surface area contributed by atoms with Crippen LogP contribution in [0.5, 0.6) is 5.75 Å². The van der Waals surface area contributed by atoms with Crippen LogP contribution in [-0.2, 0) is 11.3 Å². The molecule has 25 heavy (non-hydrogen) atoms. The number of aromatic nitrogens is 1. The lowest BCUT2D eigenvalue weighted by molar-refractivity contribution is -0.116. The molecular weight excluding hydrogens is 344 g/mol. The van der Waals surface area contributed by atoms with Gasteiger partial charge in [0.05, 0.1) is 18.3 Å². The van der Waals surface area contributed by atoms with E-state index in [0.717, 1.165) is 5.56 Å². The molecule has 3 rings (SSSR count). The van der Waals surface area contributed by atoms with Gasteiger partial charge in [0.1, 0.15) is 5.75 Å². The van der Waals surface area contributed by atoms with Crippen molar-refractivity contribution < 1.29 is 13.9 Å². The minimum absolute atomic E-state index is 0.119. The molecule has 0 aliphatic rings. The highest BCUT2D eigenvalue weighted by atomic mass is 35.5. The monoisotopic (exact) mass is 360 g/mol. The summed E-state index contributed by atoms with van der Waals surface area (Å²) in [6, 6.07) is 10.5. The number of para-hydroxylation sites is 2. The zero-order valence-electron chi connectivity index (χ0n) is 13.8. The second kappa shape index (κ2) is 7.03. The van der Waals surface area contributed by atoms with E-state index in [1.165, 1.54) is 11.7 Å². The van der Waals surface area contributed by atoms with E-state index in [9.17, 15) is 9.59 Å². The molecular formula is C18H17ClN2O4. The van der Waals surface area contributed by atoms with Gasteiger partial charge in [-0.15, -0.1) is 0 Å². The second-order valence-corrected chi connectivity index (χ2v) is 5.99. The number of methoxy groups -OCH3 is 1. The third kappa shape index (κ3) is 3.53. The van der Waals surface area contributed by atoms with E-state index in [-0.39, 0.29) is 18.9 Å². The van der Waals surface area contributed by atoms with Crippen LogP contribution in [-0.4, -0.2) is 17.6 Å². The lowest BCUT2D eigenvalue weighted by Crippen LogP contribution is -2.20. The molecule has 0 fully saturated rings. The van der Waals surface area contributed by atoms with Gasteiger partial charge in [-0.2, -0.15) is 0 Å². The lowest BCUT2D eigenvalue weighted by Gasteiger charge is -2.12. The largest absolute Gasteiger partial charge is 0.495 e. The van der Waals surface area contributed by atoms with Crippen molar-refractivity contribution in [3.05, 3.63) is 57.5 Å². The number of hydrogen-bond donors (Lipinski definition) is 1. The van der Waals surface area contributed by atoms with Crippen molar-refractivity contribution in [2.45, 2.75) is 19.9 Å². The number of nitrogens with one attached hydrogen (secondary N) is 1. The van der Waals surface area contributed by atoms with Gasteiger partial charge in [-0.3, -0.25) is 9.36 Å². The topological polar surface area (TPSA) is 73.5 Å². The van der Waals surface area contributed by atoms with Gasteiger partial charge in [-0.25, -0.2) is 4.79 Å². The number of carbonyl (C=O) groups is 1. The van der Waals surface area contributed by atoms with Gasteiger partial charge in [0.25, 0.3) is 0 Å². The molecule has 0 unspecified atom stereocenters. The number of hydrogen-bond acceptors (Lipinski definition) is 4. The molecule has 1 heterocycles. The molecule has 0 spiro atoms. The second-order valence-electron chi connectivity index (χ2n) is 5.59. The first-order valence-electron chi connectivity index (χ1n) is 7.72. The summed E-state index contributed by atoms with van der Waals surface area (Å²) in [4.78, 5) is 24.2. The summed E-state index contributed by atoms with van der Waals surface area (Å²) in [6.07, 6.45) is 0.119. The molecule has 0 radical (unpaired) electrons. The van der Waals surface area contributed by atoms with E-state index in [0.29, 0.717) is 27.6 Å². The normalized spacial score (nSPS) is 10.8. The summed E-state index contributed by atoms with van der Waals surface area (Å²) in [7, 11) is 1.51. The number of amides is 1. The van der Waals surface area contributed by atoms with Gasteiger partial charge in [0, 0.05) is 24.1 Å². The number of ether oxygens (including phenoxy) is 1. The Hall–Kier alpha value is -2.73. The molecule has 1 aromatic heterocycles. The third-order valence-electron chi connectivity index (χ3n) is 3.89. The van der Waals surface area contributed by atoms with Crippen LogP contribution in [0.3, 0.4) is 0 Å². The Balaban J connectivity index is 1.74. The standard InChI is InChI=1S/C18H17ClN2O4/c1-11-9-13(16(24-2)10-12(11)19)20-17(22)7-8-21-14-5-3-4-6-15(14)25-18(21)23/h3-6,9-10H,7-8H2,1-2H3,(H,20,22). The van der Waals surface area contributed by atoms with Gasteiger partial charge in [-0.05, 0) is 30.7 Å². The van der Waals surface area contributed by atoms with Crippen LogP contribution in [0.25, 0.3) is 11.1 Å². The van der Waals surface area contributed by atoms with Gasteiger partial charge >= 0.3 is 5.76 Å². The maximum atomic E-state index is 12.3. The molecule has 0 saturated carbocycles. The quantitative estimate of drug-likeness (QED) is 0.754. The Morgan fingerprint density at radius 2 is 2.08 bits per heavy atom. The Morgan fingerprint density at radius 1 is 1.32 bits per heavy atom. The number of carbonyl (C=O) groups excluding carboxylic acids is 1. The van der Waals surface area contributed by atoms with Crippen LogP contribution in [0, 0.1) is 6.92 Å². The number of rotatable bonds is 5. The zero-order valence-corrected chi connectivity index (χ0v) is 14.6. The molecule has 6 nitrogen and oxygen atoms in total. The molecule has 0 atom stereocenters. The van der Waals surface area contributed by atoms with E-state index >= 15 is 0 Å². The van der Waals surface area contributed by atoms with Gasteiger partial charge in [0.15, 0.2) is 5.58 Å². The first-order chi connectivity index (χ1) is 12.0. The highest BCUT2D eigenvalue weighted by molar-refractivity contribution is 6.31.